The maximum absolute atomic E-state index is 6.04. The van der Waals surface area contributed by atoms with Crippen LogP contribution in [0.1, 0.15) is 11.1 Å². The van der Waals surface area contributed by atoms with Gasteiger partial charge in [-0.2, -0.15) is 5.10 Å². The number of nitrogen functional groups attached to an aromatic ring is 1. The molecular weight excluding hydrogens is 248 g/mol. The van der Waals surface area contributed by atoms with Gasteiger partial charge in [-0.1, -0.05) is 30.3 Å². The number of pyridine rings is 1. The lowest BCUT2D eigenvalue weighted by atomic mass is 10.1. The first-order chi connectivity index (χ1) is 9.74. The number of nitrogens with zero attached hydrogens (tertiary/aromatic N) is 3. The van der Waals surface area contributed by atoms with Crippen LogP contribution in [0, 0.1) is 6.92 Å². The zero-order valence-electron chi connectivity index (χ0n) is 11.3. The van der Waals surface area contributed by atoms with E-state index < -0.39 is 0 Å². The van der Waals surface area contributed by atoms with E-state index in [0.29, 0.717) is 12.2 Å². The number of hydrogen-bond donors (Lipinski definition) is 1. The predicted molar refractivity (Wildman–Crippen MR) is 80.2 cm³/mol. The van der Waals surface area contributed by atoms with Crippen LogP contribution in [0.15, 0.2) is 54.9 Å². The summed E-state index contributed by atoms with van der Waals surface area (Å²) < 4.78 is 1.86. The molecule has 0 aliphatic rings. The van der Waals surface area contributed by atoms with Crippen LogP contribution in [0.3, 0.4) is 0 Å². The van der Waals surface area contributed by atoms with Crippen LogP contribution >= 0.6 is 0 Å². The van der Waals surface area contributed by atoms with Crippen molar-refractivity contribution in [2.24, 2.45) is 0 Å². The molecule has 0 saturated heterocycles. The second kappa shape index (κ2) is 5.17. The van der Waals surface area contributed by atoms with Crippen molar-refractivity contribution in [3.8, 4) is 11.4 Å². The first kappa shape index (κ1) is 12.4. The first-order valence-corrected chi connectivity index (χ1v) is 6.53. The molecule has 2 aromatic heterocycles. The van der Waals surface area contributed by atoms with Crippen LogP contribution in [0.4, 0.5) is 5.69 Å². The fraction of sp³-hybridized carbons (Fsp3) is 0.125. The van der Waals surface area contributed by atoms with Crippen molar-refractivity contribution in [1.29, 1.82) is 0 Å². The number of hydrogen-bond acceptors (Lipinski definition) is 3. The SMILES string of the molecule is Cc1ccccc1Cn1cc(N)c(-c2ccccn2)n1. The lowest BCUT2D eigenvalue weighted by molar-refractivity contribution is 0.686. The highest BCUT2D eigenvalue weighted by Gasteiger charge is 2.10. The summed E-state index contributed by atoms with van der Waals surface area (Å²) in [5, 5.41) is 4.55. The van der Waals surface area contributed by atoms with E-state index in [-0.39, 0.29) is 0 Å². The molecule has 4 heteroatoms. The monoisotopic (exact) mass is 264 g/mol. The molecule has 2 heterocycles. The molecule has 100 valence electrons. The third-order valence-electron chi connectivity index (χ3n) is 3.29. The highest BCUT2D eigenvalue weighted by molar-refractivity contribution is 5.68. The molecule has 3 rings (SSSR count). The lowest BCUT2D eigenvalue weighted by Crippen LogP contribution is -2.02. The Bertz CT molecular complexity index is 716. The van der Waals surface area contributed by atoms with Gasteiger partial charge < -0.3 is 5.73 Å². The van der Waals surface area contributed by atoms with Crippen molar-refractivity contribution in [2.45, 2.75) is 13.5 Å². The summed E-state index contributed by atoms with van der Waals surface area (Å²) in [6.45, 7) is 2.81. The molecule has 3 aromatic rings. The number of rotatable bonds is 3. The lowest BCUT2D eigenvalue weighted by Gasteiger charge is -2.05. The Hall–Kier alpha value is -2.62. The Morgan fingerprint density at radius 3 is 2.65 bits per heavy atom. The first-order valence-electron chi connectivity index (χ1n) is 6.53. The van der Waals surface area contributed by atoms with E-state index in [9.17, 15) is 0 Å². The summed E-state index contributed by atoms with van der Waals surface area (Å²) in [4.78, 5) is 4.29. The average Bonchev–Trinajstić information content (AvgIpc) is 2.83. The zero-order chi connectivity index (χ0) is 13.9. The topological polar surface area (TPSA) is 56.7 Å². The van der Waals surface area contributed by atoms with Gasteiger partial charge in [0.15, 0.2) is 0 Å². The van der Waals surface area contributed by atoms with Crippen molar-refractivity contribution in [1.82, 2.24) is 14.8 Å². The van der Waals surface area contributed by atoms with Gasteiger partial charge in [-0.05, 0) is 30.2 Å². The molecule has 0 aliphatic heterocycles. The highest BCUT2D eigenvalue weighted by Crippen LogP contribution is 2.22. The van der Waals surface area contributed by atoms with Gasteiger partial charge in [0, 0.05) is 12.4 Å². The molecule has 0 spiro atoms. The minimum absolute atomic E-state index is 0.650. The molecule has 0 fully saturated rings. The smallest absolute Gasteiger partial charge is 0.134 e. The summed E-state index contributed by atoms with van der Waals surface area (Å²) in [7, 11) is 0. The standard InChI is InChI=1S/C16H16N4/c1-12-6-2-3-7-13(12)10-20-11-14(17)16(19-20)15-8-4-5-9-18-15/h2-9,11H,10,17H2,1H3. The second-order valence-electron chi connectivity index (χ2n) is 4.77. The minimum atomic E-state index is 0.650. The summed E-state index contributed by atoms with van der Waals surface area (Å²) in [6.07, 6.45) is 3.60. The van der Waals surface area contributed by atoms with E-state index in [1.807, 2.05) is 41.2 Å². The molecule has 20 heavy (non-hydrogen) atoms. The predicted octanol–water partition coefficient (Wildman–Crippen LogP) is 2.88. The molecule has 0 unspecified atom stereocenters. The third kappa shape index (κ3) is 2.40. The van der Waals surface area contributed by atoms with Crippen LogP contribution in [-0.4, -0.2) is 14.8 Å². The molecule has 0 bridgehead atoms. The summed E-state index contributed by atoms with van der Waals surface area (Å²) in [5.74, 6) is 0. The average molecular weight is 264 g/mol. The molecule has 0 radical (unpaired) electrons. The Morgan fingerprint density at radius 2 is 1.90 bits per heavy atom. The van der Waals surface area contributed by atoms with Crippen molar-refractivity contribution in [3.05, 3.63) is 66.0 Å². The number of aryl methyl sites for hydroxylation is 1. The summed E-state index contributed by atoms with van der Waals surface area (Å²) in [5.41, 5.74) is 10.7. The van der Waals surface area contributed by atoms with Gasteiger partial charge >= 0.3 is 0 Å². The second-order valence-corrected chi connectivity index (χ2v) is 4.77. The molecule has 0 atom stereocenters. The fourth-order valence-corrected chi connectivity index (χ4v) is 2.18. The van der Waals surface area contributed by atoms with Crippen LogP contribution in [-0.2, 0) is 6.54 Å². The van der Waals surface area contributed by atoms with E-state index in [1.165, 1.54) is 11.1 Å². The van der Waals surface area contributed by atoms with Gasteiger partial charge in [-0.15, -0.1) is 0 Å². The van der Waals surface area contributed by atoms with Crippen LogP contribution in [0.5, 0.6) is 0 Å². The Balaban J connectivity index is 1.92. The highest BCUT2D eigenvalue weighted by atomic mass is 15.3. The molecule has 4 nitrogen and oxygen atoms in total. The normalized spacial score (nSPS) is 10.7. The van der Waals surface area contributed by atoms with Crippen LogP contribution in [0.2, 0.25) is 0 Å². The minimum Gasteiger partial charge on any atom is -0.396 e. The number of benzene rings is 1. The van der Waals surface area contributed by atoms with E-state index in [1.54, 1.807) is 6.20 Å². The maximum atomic E-state index is 6.04. The molecule has 0 amide bonds. The van der Waals surface area contributed by atoms with Crippen molar-refractivity contribution < 1.29 is 0 Å². The third-order valence-corrected chi connectivity index (χ3v) is 3.29. The molecular formula is C16H16N4. The van der Waals surface area contributed by atoms with Crippen molar-refractivity contribution in [3.63, 3.8) is 0 Å². The Morgan fingerprint density at radius 1 is 1.10 bits per heavy atom. The maximum Gasteiger partial charge on any atom is 0.134 e. The number of anilines is 1. The largest absolute Gasteiger partial charge is 0.396 e. The van der Waals surface area contributed by atoms with E-state index in [4.69, 9.17) is 5.73 Å². The summed E-state index contributed by atoms with van der Waals surface area (Å²) in [6, 6.07) is 14.0. The van der Waals surface area contributed by atoms with E-state index in [0.717, 1.165) is 11.4 Å². The quantitative estimate of drug-likeness (QED) is 0.791. The number of aromatic nitrogens is 3. The number of nitrogens with two attached hydrogens (primary N) is 1. The summed E-state index contributed by atoms with van der Waals surface area (Å²) >= 11 is 0. The van der Waals surface area contributed by atoms with Gasteiger partial charge in [0.25, 0.3) is 0 Å². The van der Waals surface area contributed by atoms with Crippen molar-refractivity contribution in [2.75, 3.05) is 5.73 Å². The molecule has 2 N–H and O–H groups in total. The van der Waals surface area contributed by atoms with Crippen molar-refractivity contribution >= 4 is 5.69 Å². The fourth-order valence-electron chi connectivity index (χ4n) is 2.18. The Kier molecular flexibility index (Phi) is 3.21. The van der Waals surface area contributed by atoms with Gasteiger partial charge in [0.1, 0.15) is 5.69 Å². The molecule has 0 saturated carbocycles. The molecule has 1 aromatic carbocycles. The van der Waals surface area contributed by atoms with E-state index >= 15 is 0 Å². The van der Waals surface area contributed by atoms with Crippen LogP contribution in [0.25, 0.3) is 11.4 Å². The van der Waals surface area contributed by atoms with Gasteiger partial charge in [-0.25, -0.2) is 0 Å². The Labute approximate surface area is 117 Å². The van der Waals surface area contributed by atoms with Gasteiger partial charge in [0.2, 0.25) is 0 Å². The van der Waals surface area contributed by atoms with E-state index in [2.05, 4.69) is 29.1 Å². The van der Waals surface area contributed by atoms with Gasteiger partial charge in [-0.3, -0.25) is 9.67 Å². The van der Waals surface area contributed by atoms with Gasteiger partial charge in [0.05, 0.1) is 17.9 Å². The zero-order valence-corrected chi connectivity index (χ0v) is 11.3. The molecule has 0 aliphatic carbocycles. The van der Waals surface area contributed by atoms with Crippen LogP contribution < -0.4 is 5.73 Å².